The van der Waals surface area contributed by atoms with Gasteiger partial charge in [-0.2, -0.15) is 0 Å². The third-order valence-corrected chi connectivity index (χ3v) is 7.48. The Morgan fingerprint density at radius 3 is 2.35 bits per heavy atom. The van der Waals surface area contributed by atoms with Crippen LogP contribution in [0.15, 0.2) is 18.2 Å². The van der Waals surface area contributed by atoms with Crippen LogP contribution in [0, 0.1) is 12.8 Å². The highest BCUT2D eigenvalue weighted by atomic mass is 32.2. The fourth-order valence-electron chi connectivity index (χ4n) is 4.18. The van der Waals surface area contributed by atoms with Crippen LogP contribution in [0.25, 0.3) is 0 Å². The third kappa shape index (κ3) is 3.00. The van der Waals surface area contributed by atoms with E-state index in [2.05, 4.69) is 4.98 Å². The normalized spacial score (nSPS) is 27.7. The summed E-state index contributed by atoms with van der Waals surface area (Å²) in [7, 11) is -3.27. The van der Waals surface area contributed by atoms with E-state index in [-0.39, 0.29) is 29.2 Å². The maximum atomic E-state index is 12.9. The minimum atomic E-state index is -3.27. The highest BCUT2D eigenvalue weighted by Gasteiger charge is 2.50. The summed E-state index contributed by atoms with van der Waals surface area (Å²) in [5.41, 5.74) is 1.07. The lowest BCUT2D eigenvalue weighted by molar-refractivity contribution is -0.143. The summed E-state index contributed by atoms with van der Waals surface area (Å²) in [5.74, 6) is -0.300. The second kappa shape index (κ2) is 6.33. The van der Waals surface area contributed by atoms with E-state index in [9.17, 15) is 18.0 Å². The fourth-order valence-corrected chi connectivity index (χ4v) is 6.16. The average Bonchev–Trinajstić information content (AvgIpc) is 2.86. The molecule has 0 spiro atoms. The van der Waals surface area contributed by atoms with Crippen LogP contribution in [0.1, 0.15) is 35.4 Å². The lowest BCUT2D eigenvalue weighted by Gasteiger charge is -2.45. The zero-order valence-electron chi connectivity index (χ0n) is 14.8. The summed E-state index contributed by atoms with van der Waals surface area (Å²) in [6.45, 7) is 2.56. The number of aromatic nitrogens is 1. The molecule has 3 heterocycles. The first kappa shape index (κ1) is 17.5. The molecule has 1 aliphatic carbocycles. The summed E-state index contributed by atoms with van der Waals surface area (Å²) in [6, 6.07) is 4.33. The number of hydrogen-bond donors (Lipinski definition) is 0. The van der Waals surface area contributed by atoms with Crippen LogP contribution >= 0.6 is 0 Å². The van der Waals surface area contributed by atoms with Crippen molar-refractivity contribution in [3.8, 4) is 0 Å². The number of amides is 2. The van der Waals surface area contributed by atoms with E-state index in [1.54, 1.807) is 21.9 Å². The standard InChI is InChI=1S/C18H23N3O4S/c1-12-4-2-7-14(19-12)18(23)21-9-8-20(17(22)13-5-3-6-13)15-10-26(24,25)11-16(15)21/h2,4,7,13,15-16H,3,5-6,8-11H2,1H3/t15-,16+/m1/s1. The Hall–Kier alpha value is -1.96. The Kier molecular flexibility index (Phi) is 4.25. The zero-order valence-corrected chi connectivity index (χ0v) is 15.6. The van der Waals surface area contributed by atoms with Crippen molar-refractivity contribution >= 4 is 21.7 Å². The van der Waals surface area contributed by atoms with Crippen molar-refractivity contribution in [2.24, 2.45) is 5.92 Å². The van der Waals surface area contributed by atoms with Crippen LogP contribution in [0.3, 0.4) is 0 Å². The van der Waals surface area contributed by atoms with Gasteiger partial charge in [-0.05, 0) is 31.9 Å². The first-order valence-corrected chi connectivity index (χ1v) is 10.9. The number of nitrogens with zero attached hydrogens (tertiary/aromatic N) is 3. The first-order valence-electron chi connectivity index (χ1n) is 9.11. The maximum absolute atomic E-state index is 12.9. The van der Waals surface area contributed by atoms with Gasteiger partial charge < -0.3 is 9.80 Å². The van der Waals surface area contributed by atoms with Gasteiger partial charge in [0.2, 0.25) is 5.91 Å². The smallest absolute Gasteiger partial charge is 0.272 e. The Morgan fingerprint density at radius 1 is 1.08 bits per heavy atom. The van der Waals surface area contributed by atoms with Crippen LogP contribution in [0.4, 0.5) is 0 Å². The van der Waals surface area contributed by atoms with Gasteiger partial charge in [0.05, 0.1) is 23.6 Å². The number of carbonyl (C=O) groups is 2. The molecule has 8 heteroatoms. The van der Waals surface area contributed by atoms with Crippen LogP contribution < -0.4 is 0 Å². The van der Waals surface area contributed by atoms with E-state index >= 15 is 0 Å². The van der Waals surface area contributed by atoms with Crippen LogP contribution in [0.2, 0.25) is 0 Å². The average molecular weight is 377 g/mol. The minimum Gasteiger partial charge on any atom is -0.335 e. The quantitative estimate of drug-likeness (QED) is 0.755. The Bertz CT molecular complexity index is 850. The predicted octanol–water partition coefficient (Wildman–Crippen LogP) is 0.640. The number of sulfone groups is 1. The van der Waals surface area contributed by atoms with Crippen molar-refractivity contribution in [2.45, 2.75) is 38.3 Å². The van der Waals surface area contributed by atoms with Gasteiger partial charge in [0, 0.05) is 24.7 Å². The largest absolute Gasteiger partial charge is 0.335 e. The van der Waals surface area contributed by atoms with Gasteiger partial charge in [-0.15, -0.1) is 0 Å². The van der Waals surface area contributed by atoms with Crippen LogP contribution in [0.5, 0.6) is 0 Å². The van der Waals surface area contributed by atoms with Gasteiger partial charge in [-0.3, -0.25) is 9.59 Å². The Balaban J connectivity index is 1.61. The van der Waals surface area contributed by atoms with Crippen LogP contribution in [-0.2, 0) is 14.6 Å². The predicted molar refractivity (Wildman–Crippen MR) is 95.3 cm³/mol. The summed E-state index contributed by atoms with van der Waals surface area (Å²) in [4.78, 5) is 33.3. The fraction of sp³-hybridized carbons (Fsp3) is 0.611. The van der Waals surface area contributed by atoms with Crippen molar-refractivity contribution in [1.82, 2.24) is 14.8 Å². The molecule has 140 valence electrons. The van der Waals surface area contributed by atoms with Gasteiger partial charge in [0.1, 0.15) is 5.69 Å². The lowest BCUT2D eigenvalue weighted by atomic mass is 9.83. The van der Waals surface area contributed by atoms with Crippen molar-refractivity contribution in [3.05, 3.63) is 29.6 Å². The summed E-state index contributed by atoms with van der Waals surface area (Å²) in [5, 5.41) is 0. The van der Waals surface area contributed by atoms with Gasteiger partial charge in [0.15, 0.2) is 9.84 Å². The van der Waals surface area contributed by atoms with Gasteiger partial charge >= 0.3 is 0 Å². The molecular weight excluding hydrogens is 354 g/mol. The summed E-state index contributed by atoms with van der Waals surface area (Å²) in [6.07, 6.45) is 2.82. The second-order valence-corrected chi connectivity index (χ2v) is 9.69. The second-order valence-electron chi connectivity index (χ2n) is 7.53. The van der Waals surface area contributed by atoms with Crippen molar-refractivity contribution in [1.29, 1.82) is 0 Å². The molecule has 3 fully saturated rings. The number of carbonyl (C=O) groups excluding carboxylic acids is 2. The SMILES string of the molecule is Cc1cccc(C(=O)N2CCN(C(=O)C3CCC3)[C@@H]3CS(=O)(=O)C[C@@H]32)n1. The number of aryl methyl sites for hydroxylation is 1. The number of hydrogen-bond acceptors (Lipinski definition) is 5. The molecule has 4 rings (SSSR count). The molecule has 0 radical (unpaired) electrons. The van der Waals surface area contributed by atoms with Crippen molar-refractivity contribution in [2.75, 3.05) is 24.6 Å². The van der Waals surface area contributed by atoms with Gasteiger partial charge in [0.25, 0.3) is 5.91 Å². The molecule has 0 unspecified atom stereocenters. The monoisotopic (exact) mass is 377 g/mol. The van der Waals surface area contributed by atoms with Crippen LogP contribution in [-0.4, -0.2) is 71.7 Å². The Labute approximate surface area is 153 Å². The molecule has 1 saturated carbocycles. The summed E-state index contributed by atoms with van der Waals surface area (Å²) < 4.78 is 24.6. The number of fused-ring (bicyclic) bond motifs is 1. The minimum absolute atomic E-state index is 0.0274. The van der Waals surface area contributed by atoms with E-state index in [1.165, 1.54) is 0 Å². The molecule has 0 N–H and O–H groups in total. The lowest BCUT2D eigenvalue weighted by Crippen LogP contribution is -2.63. The number of rotatable bonds is 2. The summed E-state index contributed by atoms with van der Waals surface area (Å²) >= 11 is 0. The molecule has 26 heavy (non-hydrogen) atoms. The highest BCUT2D eigenvalue weighted by molar-refractivity contribution is 7.91. The number of pyridine rings is 1. The third-order valence-electron chi connectivity index (χ3n) is 5.78. The molecule has 3 aliphatic rings. The maximum Gasteiger partial charge on any atom is 0.272 e. The first-order chi connectivity index (χ1) is 12.4. The zero-order chi connectivity index (χ0) is 18.5. The molecule has 2 aliphatic heterocycles. The van der Waals surface area contributed by atoms with Crippen molar-refractivity contribution < 1.29 is 18.0 Å². The van der Waals surface area contributed by atoms with E-state index < -0.39 is 21.9 Å². The molecule has 2 amide bonds. The molecule has 1 aromatic heterocycles. The number of piperazine rings is 1. The molecular formula is C18H23N3O4S. The molecule has 2 atom stereocenters. The topological polar surface area (TPSA) is 87.7 Å². The van der Waals surface area contributed by atoms with Crippen molar-refractivity contribution in [3.63, 3.8) is 0 Å². The van der Waals surface area contributed by atoms with E-state index in [1.807, 2.05) is 13.0 Å². The van der Waals surface area contributed by atoms with Gasteiger partial charge in [-0.1, -0.05) is 12.5 Å². The van der Waals surface area contributed by atoms with E-state index in [0.29, 0.717) is 18.8 Å². The molecule has 0 aromatic carbocycles. The van der Waals surface area contributed by atoms with E-state index in [0.717, 1.165) is 25.0 Å². The highest BCUT2D eigenvalue weighted by Crippen LogP contribution is 2.33. The Morgan fingerprint density at radius 2 is 1.73 bits per heavy atom. The van der Waals surface area contributed by atoms with E-state index in [4.69, 9.17) is 0 Å². The molecule has 7 nitrogen and oxygen atoms in total. The molecule has 2 saturated heterocycles. The molecule has 0 bridgehead atoms. The van der Waals surface area contributed by atoms with Gasteiger partial charge in [-0.25, -0.2) is 13.4 Å². The molecule has 1 aromatic rings.